The zero-order valence-corrected chi connectivity index (χ0v) is 16.6. The van der Waals surface area contributed by atoms with Crippen molar-refractivity contribution < 1.29 is 0 Å². The van der Waals surface area contributed by atoms with Crippen LogP contribution in [0.25, 0.3) is 0 Å². The van der Waals surface area contributed by atoms with Crippen molar-refractivity contribution in [1.29, 1.82) is 0 Å². The highest BCUT2D eigenvalue weighted by atomic mass is 35.5. The number of hydrogen-bond acceptors (Lipinski definition) is 1. The van der Waals surface area contributed by atoms with E-state index >= 15 is 0 Å². The van der Waals surface area contributed by atoms with Gasteiger partial charge in [-0.05, 0) is 50.0 Å². The van der Waals surface area contributed by atoms with Gasteiger partial charge in [0, 0.05) is 23.7 Å². The Labute approximate surface area is 153 Å². The van der Waals surface area contributed by atoms with Crippen molar-refractivity contribution in [2.75, 3.05) is 6.54 Å². The van der Waals surface area contributed by atoms with Gasteiger partial charge in [-0.15, -0.1) is 0 Å². The summed E-state index contributed by atoms with van der Waals surface area (Å²) >= 11 is 6.04. The molecule has 0 bridgehead atoms. The Hall–Kier alpha value is -1.31. The topological polar surface area (TPSA) is 3.01 Å². The minimum atomic E-state index is 0.420. The van der Waals surface area contributed by atoms with Gasteiger partial charge >= 0.3 is 0 Å². The number of rotatable bonds is 7. The van der Waals surface area contributed by atoms with Crippen LogP contribution in [0.15, 0.2) is 60.2 Å². The second-order valence-corrected chi connectivity index (χ2v) is 6.67. The van der Waals surface area contributed by atoms with Crippen LogP contribution in [-0.4, -0.2) is 17.5 Å². The molecule has 0 amide bonds. The van der Waals surface area contributed by atoms with Gasteiger partial charge in [0.2, 0.25) is 0 Å². The summed E-state index contributed by atoms with van der Waals surface area (Å²) in [5, 5.41) is 0.798. The van der Waals surface area contributed by atoms with Gasteiger partial charge in [0.15, 0.2) is 0 Å². The third kappa shape index (κ3) is 6.30. The minimum absolute atomic E-state index is 0.420. The van der Waals surface area contributed by atoms with Crippen LogP contribution in [0.1, 0.15) is 59.1 Å². The number of halogens is 1. The molecule has 0 spiro atoms. The van der Waals surface area contributed by atoms with Crippen LogP contribution < -0.4 is 0 Å². The molecule has 0 radical (unpaired) electrons. The summed E-state index contributed by atoms with van der Waals surface area (Å²) in [7, 11) is 0. The lowest BCUT2D eigenvalue weighted by Gasteiger charge is -2.21. The first-order valence-corrected chi connectivity index (χ1v) is 9.40. The van der Waals surface area contributed by atoms with Gasteiger partial charge in [0.1, 0.15) is 0 Å². The van der Waals surface area contributed by atoms with Gasteiger partial charge in [0.25, 0.3) is 0 Å². The fourth-order valence-electron chi connectivity index (χ4n) is 2.97. The van der Waals surface area contributed by atoms with E-state index in [1.54, 1.807) is 0 Å². The van der Waals surface area contributed by atoms with Gasteiger partial charge in [-0.25, -0.2) is 0 Å². The average molecular weight is 346 g/mol. The highest BCUT2D eigenvalue weighted by Crippen LogP contribution is 2.38. The molecule has 0 N–H and O–H groups in total. The van der Waals surface area contributed by atoms with Gasteiger partial charge in [0.05, 0.1) is 0 Å². The van der Waals surface area contributed by atoms with Gasteiger partial charge < -0.3 is 0 Å². The molecular formula is C22H32ClN. The predicted octanol–water partition coefficient (Wildman–Crippen LogP) is 6.97. The Kier molecular flexibility index (Phi) is 9.10. The van der Waals surface area contributed by atoms with Crippen molar-refractivity contribution in [1.82, 2.24) is 4.90 Å². The molecule has 3 unspecified atom stereocenters. The number of hydrogen-bond donors (Lipinski definition) is 0. The van der Waals surface area contributed by atoms with E-state index in [-0.39, 0.29) is 0 Å². The Bertz CT molecular complexity index is 564. The summed E-state index contributed by atoms with van der Waals surface area (Å²) in [5.41, 5.74) is 4.00. The quantitative estimate of drug-likeness (QED) is 0.381. The number of nitrogens with zero attached hydrogens (tertiary/aromatic N) is 1. The fraction of sp³-hybridized carbons (Fsp3) is 0.455. The predicted molar refractivity (Wildman–Crippen MR) is 109 cm³/mol. The summed E-state index contributed by atoms with van der Waals surface area (Å²) < 4.78 is 0. The second kappa shape index (κ2) is 10.5. The Morgan fingerprint density at radius 2 is 1.92 bits per heavy atom. The molecule has 1 aromatic carbocycles. The normalized spacial score (nSPS) is 20.5. The van der Waals surface area contributed by atoms with Crippen molar-refractivity contribution in [3.05, 3.63) is 70.8 Å². The highest BCUT2D eigenvalue weighted by Gasteiger charge is 2.38. The lowest BCUT2D eigenvalue weighted by atomic mass is 9.97. The highest BCUT2D eigenvalue weighted by molar-refractivity contribution is 6.30. The maximum Gasteiger partial charge on any atom is 0.0406 e. The molecule has 2 heteroatoms. The zero-order valence-electron chi connectivity index (χ0n) is 15.8. The molecule has 1 aromatic rings. The maximum absolute atomic E-state index is 6.04. The molecule has 1 fully saturated rings. The van der Waals surface area contributed by atoms with Crippen LogP contribution in [0.2, 0.25) is 5.02 Å². The Morgan fingerprint density at radius 3 is 2.38 bits per heavy atom. The van der Waals surface area contributed by atoms with Crippen molar-refractivity contribution in [2.45, 2.75) is 59.5 Å². The van der Waals surface area contributed by atoms with Crippen LogP contribution in [0.5, 0.6) is 0 Å². The summed E-state index contributed by atoms with van der Waals surface area (Å²) in [6, 6.07) is 9.44. The van der Waals surface area contributed by atoms with E-state index < -0.39 is 0 Å². The largest absolute Gasteiger partial charge is 0.290 e. The van der Waals surface area contributed by atoms with E-state index in [9.17, 15) is 0 Å². The maximum atomic E-state index is 6.04. The van der Waals surface area contributed by atoms with E-state index in [4.69, 9.17) is 11.6 Å². The first-order valence-electron chi connectivity index (χ1n) is 9.02. The first-order chi connectivity index (χ1) is 11.5. The lowest BCUT2D eigenvalue weighted by Crippen LogP contribution is -2.13. The van der Waals surface area contributed by atoms with Crippen LogP contribution in [-0.2, 0) is 0 Å². The summed E-state index contributed by atoms with van der Waals surface area (Å²) in [4.78, 5) is 2.58. The summed E-state index contributed by atoms with van der Waals surface area (Å²) in [6.07, 6.45) is 8.49. The molecule has 1 aliphatic heterocycles. The molecule has 1 heterocycles. The van der Waals surface area contributed by atoms with Crippen LogP contribution >= 0.6 is 11.6 Å². The third-order valence-electron chi connectivity index (χ3n) is 4.12. The zero-order chi connectivity index (χ0) is 18.1. The molecule has 1 saturated heterocycles. The Morgan fingerprint density at radius 1 is 1.29 bits per heavy atom. The van der Waals surface area contributed by atoms with Crippen molar-refractivity contribution >= 4 is 11.6 Å². The van der Waals surface area contributed by atoms with Crippen molar-refractivity contribution in [3.8, 4) is 0 Å². The molecule has 3 atom stereocenters. The molecule has 132 valence electrons. The fourth-order valence-corrected chi connectivity index (χ4v) is 3.10. The van der Waals surface area contributed by atoms with E-state index in [0.29, 0.717) is 6.04 Å². The average Bonchev–Trinajstić information content (AvgIpc) is 3.34. The van der Waals surface area contributed by atoms with Crippen molar-refractivity contribution in [2.24, 2.45) is 0 Å². The standard InChI is InChI=1S/C20H26ClN.C2H6/c1-5-7-16(12-15(3)4)13-20(22-14-19(22)6-2)17-8-10-18(21)11-9-17;1-2/h5,7-12,19-20H,1,6,13-14H2,2-4H3;1-2H3/b16-7+;. The summed E-state index contributed by atoms with van der Waals surface area (Å²) in [5.74, 6) is 0. The van der Waals surface area contributed by atoms with E-state index in [0.717, 1.165) is 17.5 Å². The molecule has 0 aliphatic carbocycles. The van der Waals surface area contributed by atoms with Gasteiger partial charge in [-0.2, -0.15) is 0 Å². The molecule has 24 heavy (non-hydrogen) atoms. The third-order valence-corrected chi connectivity index (χ3v) is 4.37. The smallest absolute Gasteiger partial charge is 0.0406 e. The molecule has 0 aromatic heterocycles. The van der Waals surface area contributed by atoms with E-state index in [1.807, 2.05) is 32.1 Å². The van der Waals surface area contributed by atoms with Gasteiger partial charge in [-0.1, -0.05) is 74.9 Å². The second-order valence-electron chi connectivity index (χ2n) is 6.23. The molecular weight excluding hydrogens is 314 g/mol. The molecule has 1 nitrogen and oxygen atoms in total. The van der Waals surface area contributed by atoms with Crippen LogP contribution in [0, 0.1) is 0 Å². The lowest BCUT2D eigenvalue weighted by molar-refractivity contribution is 0.374. The van der Waals surface area contributed by atoms with Crippen LogP contribution in [0.4, 0.5) is 0 Å². The minimum Gasteiger partial charge on any atom is -0.290 e. The molecule has 0 saturated carbocycles. The molecule has 1 aliphatic rings. The van der Waals surface area contributed by atoms with Crippen molar-refractivity contribution in [3.63, 3.8) is 0 Å². The van der Waals surface area contributed by atoms with Crippen LogP contribution in [0.3, 0.4) is 0 Å². The summed E-state index contributed by atoms with van der Waals surface area (Å²) in [6.45, 7) is 15.6. The number of benzene rings is 1. The van der Waals surface area contributed by atoms with E-state index in [2.05, 4.69) is 56.5 Å². The van der Waals surface area contributed by atoms with Gasteiger partial charge in [-0.3, -0.25) is 4.90 Å². The first kappa shape index (κ1) is 20.7. The molecule has 2 rings (SSSR count). The van der Waals surface area contributed by atoms with E-state index in [1.165, 1.54) is 29.7 Å². The SMILES string of the molecule is C=C/C=C(\C=C(C)C)CC(c1ccc(Cl)cc1)N1CC1CC.CC. The Balaban J connectivity index is 0.00000139. The number of allylic oxidation sites excluding steroid dienone is 4. The monoisotopic (exact) mass is 345 g/mol.